The zero-order chi connectivity index (χ0) is 5.98. The Morgan fingerprint density at radius 2 is 2.38 bits per heavy atom. The molecule has 1 fully saturated rings. The molecule has 0 aliphatic carbocycles. The molecule has 0 spiro atoms. The Morgan fingerprint density at radius 3 is 2.75 bits per heavy atom. The topological polar surface area (TPSA) is 12.5 Å². The Morgan fingerprint density at radius 1 is 1.75 bits per heavy atom. The number of likely N-dealkylation sites (tertiary alicyclic amines) is 1. The maximum Gasteiger partial charge on any atom is 0.0824 e. The molecule has 1 rings (SSSR count). The van der Waals surface area contributed by atoms with E-state index in [0.29, 0.717) is 6.10 Å². The zero-order valence-electron chi connectivity index (χ0n) is 5.26. The lowest BCUT2D eigenvalue weighted by Gasteiger charge is -2.37. The van der Waals surface area contributed by atoms with Crippen molar-refractivity contribution in [3.05, 3.63) is 6.92 Å². The van der Waals surface area contributed by atoms with Gasteiger partial charge >= 0.3 is 0 Å². The minimum Gasteiger partial charge on any atom is -0.379 e. The molecule has 0 aromatic rings. The fourth-order valence-corrected chi connectivity index (χ4v) is 0.854. The van der Waals surface area contributed by atoms with Gasteiger partial charge in [0.2, 0.25) is 0 Å². The molecule has 2 nitrogen and oxygen atoms in total. The monoisotopic (exact) mass is 114 g/mol. The predicted molar refractivity (Wildman–Crippen MR) is 32.6 cm³/mol. The SMILES string of the molecule is [CH2]CN1CC(OC)C1. The summed E-state index contributed by atoms with van der Waals surface area (Å²) in [6, 6.07) is 0. The van der Waals surface area contributed by atoms with Crippen LogP contribution >= 0.6 is 0 Å². The van der Waals surface area contributed by atoms with Gasteiger partial charge in [-0.3, -0.25) is 4.90 Å². The second-order valence-electron chi connectivity index (χ2n) is 2.12. The van der Waals surface area contributed by atoms with Crippen LogP contribution in [-0.2, 0) is 4.74 Å². The Bertz CT molecular complexity index is 60.9. The van der Waals surface area contributed by atoms with Crippen LogP contribution in [0.5, 0.6) is 0 Å². The van der Waals surface area contributed by atoms with E-state index in [4.69, 9.17) is 4.74 Å². The highest BCUT2D eigenvalue weighted by atomic mass is 16.5. The fraction of sp³-hybridized carbons (Fsp3) is 0.833. The number of hydrogen-bond donors (Lipinski definition) is 0. The molecule has 8 heavy (non-hydrogen) atoms. The van der Waals surface area contributed by atoms with Crippen LogP contribution in [-0.4, -0.2) is 37.7 Å². The number of methoxy groups -OCH3 is 1. The normalized spacial score (nSPS) is 23.2. The Labute approximate surface area is 50.4 Å². The standard InChI is InChI=1S/C6H12NO/c1-3-7-4-6(5-7)8-2/h6H,1,3-5H2,2H3. The van der Waals surface area contributed by atoms with Gasteiger partial charge < -0.3 is 4.74 Å². The summed E-state index contributed by atoms with van der Waals surface area (Å²) in [4.78, 5) is 2.24. The summed E-state index contributed by atoms with van der Waals surface area (Å²) < 4.78 is 5.05. The van der Waals surface area contributed by atoms with Crippen molar-refractivity contribution < 1.29 is 4.74 Å². The maximum atomic E-state index is 5.05. The van der Waals surface area contributed by atoms with Crippen molar-refractivity contribution >= 4 is 0 Å². The van der Waals surface area contributed by atoms with E-state index in [9.17, 15) is 0 Å². The van der Waals surface area contributed by atoms with Crippen LogP contribution < -0.4 is 0 Å². The Hall–Kier alpha value is -0.0800. The highest BCUT2D eigenvalue weighted by molar-refractivity contribution is 4.79. The maximum absolute atomic E-state index is 5.05. The van der Waals surface area contributed by atoms with E-state index in [0.717, 1.165) is 19.6 Å². The summed E-state index contributed by atoms with van der Waals surface area (Å²) in [5.74, 6) is 0. The molecule has 0 atom stereocenters. The third-order valence-corrected chi connectivity index (χ3v) is 1.57. The Balaban J connectivity index is 2.03. The van der Waals surface area contributed by atoms with Crippen LogP contribution in [0.25, 0.3) is 0 Å². The molecular formula is C6H12NO. The van der Waals surface area contributed by atoms with E-state index in [1.54, 1.807) is 7.11 Å². The van der Waals surface area contributed by atoms with E-state index in [1.807, 2.05) is 0 Å². The summed E-state index contributed by atoms with van der Waals surface area (Å²) in [6.07, 6.45) is 0.483. The van der Waals surface area contributed by atoms with Crippen molar-refractivity contribution in [2.45, 2.75) is 6.10 Å². The van der Waals surface area contributed by atoms with E-state index < -0.39 is 0 Å². The molecule has 2 heteroatoms. The molecule has 0 saturated carbocycles. The highest BCUT2D eigenvalue weighted by Crippen LogP contribution is 2.08. The molecular weight excluding hydrogens is 102 g/mol. The first-order valence-electron chi connectivity index (χ1n) is 2.91. The molecule has 0 aromatic heterocycles. The number of ether oxygens (including phenoxy) is 1. The van der Waals surface area contributed by atoms with Gasteiger partial charge in [0, 0.05) is 20.2 Å². The van der Waals surface area contributed by atoms with Crippen molar-refractivity contribution in [2.24, 2.45) is 0 Å². The summed E-state index contributed by atoms with van der Waals surface area (Å²) >= 11 is 0. The quantitative estimate of drug-likeness (QED) is 0.506. The number of nitrogens with zero attached hydrogens (tertiary/aromatic N) is 1. The van der Waals surface area contributed by atoms with Crippen LogP contribution in [0.4, 0.5) is 0 Å². The van der Waals surface area contributed by atoms with Gasteiger partial charge in [-0.2, -0.15) is 0 Å². The van der Waals surface area contributed by atoms with Crippen LogP contribution in [0.2, 0.25) is 0 Å². The first-order valence-corrected chi connectivity index (χ1v) is 2.91. The van der Waals surface area contributed by atoms with Crippen molar-refractivity contribution in [3.63, 3.8) is 0 Å². The van der Waals surface area contributed by atoms with Gasteiger partial charge in [-0.05, 0) is 13.5 Å². The van der Waals surface area contributed by atoms with E-state index in [-0.39, 0.29) is 0 Å². The van der Waals surface area contributed by atoms with Crippen LogP contribution in [0.15, 0.2) is 0 Å². The van der Waals surface area contributed by atoms with Crippen LogP contribution in [0, 0.1) is 6.92 Å². The lowest BCUT2D eigenvalue weighted by atomic mass is 10.2. The third kappa shape index (κ3) is 1.01. The van der Waals surface area contributed by atoms with Crippen molar-refractivity contribution in [1.29, 1.82) is 0 Å². The lowest BCUT2D eigenvalue weighted by Crippen LogP contribution is -2.51. The first-order chi connectivity index (χ1) is 3.86. The molecule has 1 heterocycles. The van der Waals surface area contributed by atoms with Crippen LogP contribution in [0.1, 0.15) is 0 Å². The van der Waals surface area contributed by atoms with E-state index in [2.05, 4.69) is 11.8 Å². The van der Waals surface area contributed by atoms with Gasteiger partial charge in [0.25, 0.3) is 0 Å². The molecule has 1 saturated heterocycles. The first kappa shape index (κ1) is 6.05. The molecule has 0 amide bonds. The minimum atomic E-state index is 0.483. The molecule has 47 valence electrons. The largest absolute Gasteiger partial charge is 0.379 e. The molecule has 0 unspecified atom stereocenters. The fourth-order valence-electron chi connectivity index (χ4n) is 0.854. The minimum absolute atomic E-state index is 0.483. The van der Waals surface area contributed by atoms with Crippen molar-refractivity contribution in [2.75, 3.05) is 26.7 Å². The van der Waals surface area contributed by atoms with Gasteiger partial charge in [0.05, 0.1) is 6.10 Å². The van der Waals surface area contributed by atoms with Crippen molar-refractivity contribution in [3.8, 4) is 0 Å². The van der Waals surface area contributed by atoms with E-state index >= 15 is 0 Å². The average molecular weight is 114 g/mol. The summed E-state index contributed by atoms with van der Waals surface area (Å²) in [7, 11) is 1.76. The van der Waals surface area contributed by atoms with Gasteiger partial charge in [-0.15, -0.1) is 0 Å². The summed E-state index contributed by atoms with van der Waals surface area (Å²) in [5.41, 5.74) is 0. The highest BCUT2D eigenvalue weighted by Gasteiger charge is 2.23. The van der Waals surface area contributed by atoms with Gasteiger partial charge in [0.15, 0.2) is 0 Å². The average Bonchev–Trinajstić information content (AvgIpc) is 1.65. The smallest absolute Gasteiger partial charge is 0.0824 e. The lowest BCUT2D eigenvalue weighted by molar-refractivity contribution is -0.0235. The van der Waals surface area contributed by atoms with Gasteiger partial charge in [-0.25, -0.2) is 0 Å². The third-order valence-electron chi connectivity index (χ3n) is 1.57. The molecule has 1 radical (unpaired) electrons. The molecule has 0 aromatic carbocycles. The van der Waals surface area contributed by atoms with Crippen molar-refractivity contribution in [1.82, 2.24) is 4.90 Å². The zero-order valence-corrected chi connectivity index (χ0v) is 5.26. The molecule has 1 aliphatic heterocycles. The molecule has 0 N–H and O–H groups in total. The Kier molecular flexibility index (Phi) is 1.86. The molecule has 1 aliphatic rings. The summed E-state index contributed by atoms with van der Waals surface area (Å²) in [6.45, 7) is 6.80. The second kappa shape index (κ2) is 2.46. The van der Waals surface area contributed by atoms with Gasteiger partial charge in [0.1, 0.15) is 0 Å². The summed E-state index contributed by atoms with van der Waals surface area (Å²) in [5, 5.41) is 0. The van der Waals surface area contributed by atoms with E-state index in [1.165, 1.54) is 0 Å². The predicted octanol–water partition coefficient (Wildman–Crippen LogP) is 0.151. The second-order valence-corrected chi connectivity index (χ2v) is 2.12. The van der Waals surface area contributed by atoms with Crippen LogP contribution in [0.3, 0.4) is 0 Å². The number of hydrogen-bond acceptors (Lipinski definition) is 2. The molecule has 0 bridgehead atoms. The number of rotatable bonds is 2. The van der Waals surface area contributed by atoms with Gasteiger partial charge in [-0.1, -0.05) is 0 Å².